The number of hydrogen-bond acceptors (Lipinski definition) is 3. The average Bonchev–Trinajstić information content (AvgIpc) is 1.76. The molecule has 1 rings (SSSR count). The van der Waals surface area contributed by atoms with Gasteiger partial charge in [0.25, 0.3) is 0 Å². The summed E-state index contributed by atoms with van der Waals surface area (Å²) in [6.07, 6.45) is 1.33. The first-order valence-electron chi connectivity index (χ1n) is 1.16. The maximum Gasteiger partial charge on any atom is 1.00 e. The number of aromatic nitrogens is 4. The monoisotopic (exact) mass is 109 g/mol. The van der Waals surface area contributed by atoms with Crippen LogP contribution in [0.3, 0.4) is 0 Å². The van der Waals surface area contributed by atoms with Crippen LogP contribution >= 0.6 is 0 Å². The molecule has 0 saturated heterocycles. The summed E-state index contributed by atoms with van der Waals surface area (Å²) in [4.78, 5) is 0. The van der Waals surface area contributed by atoms with Gasteiger partial charge in [-0.05, 0) is 0 Å². The molecule has 0 fully saturated rings. The van der Waals surface area contributed by atoms with Gasteiger partial charge < -0.3 is 0 Å². The van der Waals surface area contributed by atoms with E-state index < -0.39 is 0 Å². The van der Waals surface area contributed by atoms with E-state index in [1.807, 2.05) is 0 Å². The topological polar surface area (TPSA) is 54.5 Å². The summed E-state index contributed by atoms with van der Waals surface area (Å²) in [5, 5.41) is 12.2. The van der Waals surface area contributed by atoms with E-state index in [4.69, 9.17) is 0 Å². The summed E-state index contributed by atoms with van der Waals surface area (Å²) in [6, 6.07) is 0. The zero-order chi connectivity index (χ0) is 3.54. The molecular weight excluding hydrogens is 107 g/mol. The van der Waals surface area contributed by atoms with Crippen molar-refractivity contribution in [2.75, 3.05) is 0 Å². The van der Waals surface area contributed by atoms with E-state index in [9.17, 15) is 0 Å². The minimum absolute atomic E-state index is 0. The van der Waals surface area contributed by atoms with E-state index in [0.29, 0.717) is 0 Å². The number of aromatic amines is 1. The van der Waals surface area contributed by atoms with Crippen molar-refractivity contribution >= 4 is 0 Å². The number of nitrogens with zero attached hydrogens (tertiary/aromatic N) is 3. The van der Waals surface area contributed by atoms with Gasteiger partial charge in [-0.3, -0.25) is 0 Å². The zero-order valence-electron chi connectivity index (χ0n) is 3.42. The number of tetrazole rings is 1. The summed E-state index contributed by atoms with van der Waals surface area (Å²) in [7, 11) is 0. The van der Waals surface area contributed by atoms with Crippen LogP contribution in [0.5, 0.6) is 0 Å². The predicted molar refractivity (Wildman–Crippen MR) is 14.2 cm³/mol. The van der Waals surface area contributed by atoms with Gasteiger partial charge in [-0.15, -0.1) is 10.2 Å². The zero-order valence-corrected chi connectivity index (χ0v) is 6.54. The molecule has 0 spiro atoms. The Labute approximate surface area is 77.1 Å². The Morgan fingerprint density at radius 2 is 2.33 bits per heavy atom. The van der Waals surface area contributed by atoms with Crippen molar-refractivity contribution in [3.05, 3.63) is 6.33 Å². The van der Waals surface area contributed by atoms with Gasteiger partial charge >= 0.3 is 51.4 Å². The van der Waals surface area contributed by atoms with Crippen molar-refractivity contribution in [3.63, 3.8) is 0 Å². The van der Waals surface area contributed by atoms with Crippen LogP contribution in [-0.2, 0) is 0 Å². The Hall–Kier alpha value is 0.706. The van der Waals surface area contributed by atoms with E-state index >= 15 is 0 Å². The van der Waals surface area contributed by atoms with Crippen molar-refractivity contribution in [2.24, 2.45) is 0 Å². The Balaban J connectivity index is 0.000000250. The van der Waals surface area contributed by atoms with Crippen LogP contribution in [0, 0.1) is 0 Å². The van der Waals surface area contributed by atoms with Gasteiger partial charge in [0.15, 0.2) is 6.33 Å². The number of H-pyrrole nitrogens is 1. The van der Waals surface area contributed by atoms with E-state index in [2.05, 4.69) is 20.6 Å². The standard InChI is InChI=1S/CH2N4.K/c1-2-4-5-3-1;/h1H,(H,2,3,4,5);/q;+1. The van der Waals surface area contributed by atoms with Gasteiger partial charge in [0.05, 0.1) is 0 Å². The van der Waals surface area contributed by atoms with Crippen LogP contribution in [-0.4, -0.2) is 20.6 Å². The minimum Gasteiger partial charge on any atom is -0.177 e. The molecule has 0 aliphatic carbocycles. The molecule has 1 aromatic rings. The molecule has 0 bridgehead atoms. The normalized spacial score (nSPS) is 6.67. The third-order valence-corrected chi connectivity index (χ3v) is 0.270. The summed E-state index contributed by atoms with van der Waals surface area (Å²) in [6.45, 7) is 0. The first-order chi connectivity index (χ1) is 2.50. The molecule has 1 heterocycles. The quantitative estimate of drug-likeness (QED) is 0.348. The van der Waals surface area contributed by atoms with Gasteiger partial charge in [-0.2, -0.15) is 5.21 Å². The smallest absolute Gasteiger partial charge is 0.177 e. The summed E-state index contributed by atoms with van der Waals surface area (Å²) in [5.74, 6) is 0. The van der Waals surface area contributed by atoms with Gasteiger partial charge in [-0.25, -0.2) is 0 Å². The van der Waals surface area contributed by atoms with Crippen molar-refractivity contribution in [1.29, 1.82) is 0 Å². The molecular formula is CH2KN4+. The molecule has 5 heteroatoms. The molecule has 0 saturated carbocycles. The number of rotatable bonds is 0. The molecule has 4 nitrogen and oxygen atoms in total. The molecule has 26 valence electrons. The van der Waals surface area contributed by atoms with Crippen LogP contribution in [0.15, 0.2) is 6.33 Å². The second kappa shape index (κ2) is 3.88. The van der Waals surface area contributed by atoms with Crippen LogP contribution in [0.25, 0.3) is 0 Å². The Bertz CT molecular complexity index is 64.0. The largest absolute Gasteiger partial charge is 1.00 e. The summed E-state index contributed by atoms with van der Waals surface area (Å²) >= 11 is 0. The van der Waals surface area contributed by atoms with Crippen molar-refractivity contribution in [1.82, 2.24) is 20.6 Å². The molecule has 0 aliphatic rings. The molecule has 0 atom stereocenters. The van der Waals surface area contributed by atoms with Crippen LogP contribution in [0.2, 0.25) is 0 Å². The van der Waals surface area contributed by atoms with Crippen molar-refractivity contribution < 1.29 is 51.4 Å². The van der Waals surface area contributed by atoms with Gasteiger partial charge in [-0.1, -0.05) is 5.21 Å². The molecule has 1 aromatic heterocycles. The molecule has 0 unspecified atom stereocenters. The molecule has 1 N–H and O–H groups in total. The first-order valence-corrected chi connectivity index (χ1v) is 1.16. The fourth-order valence-corrected chi connectivity index (χ4v) is 0.129. The van der Waals surface area contributed by atoms with E-state index in [0.717, 1.165) is 0 Å². The van der Waals surface area contributed by atoms with Gasteiger partial charge in [0.2, 0.25) is 0 Å². The molecule has 0 aromatic carbocycles. The van der Waals surface area contributed by atoms with Crippen LogP contribution in [0.1, 0.15) is 0 Å². The molecule has 0 aliphatic heterocycles. The van der Waals surface area contributed by atoms with Crippen LogP contribution in [0.4, 0.5) is 0 Å². The Morgan fingerprint density at radius 1 is 1.50 bits per heavy atom. The Kier molecular flexibility index (Phi) is 4.34. The van der Waals surface area contributed by atoms with E-state index in [1.54, 1.807) is 0 Å². The fourth-order valence-electron chi connectivity index (χ4n) is 0.129. The molecule has 0 amide bonds. The molecule has 6 heavy (non-hydrogen) atoms. The summed E-state index contributed by atoms with van der Waals surface area (Å²) < 4.78 is 0. The Morgan fingerprint density at radius 3 is 2.50 bits per heavy atom. The maximum absolute atomic E-state index is 3.38. The van der Waals surface area contributed by atoms with Crippen molar-refractivity contribution in [2.45, 2.75) is 0 Å². The van der Waals surface area contributed by atoms with E-state index in [1.165, 1.54) is 6.33 Å². The number of nitrogens with one attached hydrogen (secondary N) is 1. The number of hydrogen-bond donors (Lipinski definition) is 1. The van der Waals surface area contributed by atoms with E-state index in [-0.39, 0.29) is 51.4 Å². The van der Waals surface area contributed by atoms with Gasteiger partial charge in [0.1, 0.15) is 0 Å². The fraction of sp³-hybridized carbons (Fsp3) is 0. The van der Waals surface area contributed by atoms with Crippen molar-refractivity contribution in [3.8, 4) is 0 Å². The van der Waals surface area contributed by atoms with Gasteiger partial charge in [0, 0.05) is 0 Å². The second-order valence-corrected chi connectivity index (χ2v) is 0.560. The third-order valence-electron chi connectivity index (χ3n) is 0.270. The first kappa shape index (κ1) is 6.71. The van der Waals surface area contributed by atoms with Crippen LogP contribution < -0.4 is 51.4 Å². The average molecular weight is 109 g/mol. The SMILES string of the molecule is [K+].c1nn[nH]n1. The third kappa shape index (κ3) is 1.99. The predicted octanol–water partition coefficient (Wildman–Crippen LogP) is -3.80. The summed E-state index contributed by atoms with van der Waals surface area (Å²) in [5.41, 5.74) is 0. The molecule has 0 radical (unpaired) electrons. The maximum atomic E-state index is 3.38. The second-order valence-electron chi connectivity index (χ2n) is 0.560. The minimum atomic E-state index is 0.